The molecule has 0 aromatic carbocycles. The molecule has 1 saturated heterocycles. The Morgan fingerprint density at radius 1 is 1.46 bits per heavy atom. The highest BCUT2D eigenvalue weighted by Gasteiger charge is 2.20. The highest BCUT2D eigenvalue weighted by molar-refractivity contribution is 14.0. The summed E-state index contributed by atoms with van der Waals surface area (Å²) in [6, 6.07) is 0. The van der Waals surface area contributed by atoms with Gasteiger partial charge in [0.2, 0.25) is 0 Å². The van der Waals surface area contributed by atoms with Crippen molar-refractivity contribution in [1.82, 2.24) is 24.9 Å². The summed E-state index contributed by atoms with van der Waals surface area (Å²) < 4.78 is 1.91. The molecule has 1 aromatic heterocycles. The van der Waals surface area contributed by atoms with E-state index in [2.05, 4.69) is 59.2 Å². The molecular weight excluding hydrogens is 439 g/mol. The van der Waals surface area contributed by atoms with Crippen molar-refractivity contribution in [3.63, 3.8) is 0 Å². The number of aryl methyl sites for hydroxylation is 1. The average Bonchev–Trinajstić information content (AvgIpc) is 2.96. The molecule has 1 unspecified atom stereocenters. The smallest absolute Gasteiger partial charge is 0.193 e. The lowest BCUT2D eigenvalue weighted by Crippen LogP contribution is -2.44. The Balaban J connectivity index is 0.00000338. The van der Waals surface area contributed by atoms with Crippen LogP contribution in [0.1, 0.15) is 50.8 Å². The molecule has 0 amide bonds. The van der Waals surface area contributed by atoms with Crippen molar-refractivity contribution in [2.75, 3.05) is 40.3 Å². The number of aliphatic imine (C=N–C) groups is 1. The van der Waals surface area contributed by atoms with E-state index in [1.165, 1.54) is 37.2 Å². The summed E-state index contributed by atoms with van der Waals surface area (Å²) in [7, 11) is 5.96. The maximum Gasteiger partial charge on any atom is 0.193 e. The third-order valence-corrected chi connectivity index (χ3v) is 5.06. The van der Waals surface area contributed by atoms with Gasteiger partial charge in [0, 0.05) is 52.5 Å². The van der Waals surface area contributed by atoms with Gasteiger partial charge in [0.05, 0.1) is 5.69 Å². The summed E-state index contributed by atoms with van der Waals surface area (Å²) >= 11 is 0. The topological polar surface area (TPSA) is 48.7 Å². The Bertz CT molecular complexity index is 568. The van der Waals surface area contributed by atoms with Crippen LogP contribution >= 0.6 is 24.0 Å². The number of aromatic nitrogens is 2. The Hall–Kier alpha value is -0.830. The van der Waals surface area contributed by atoms with Crippen LogP contribution in [-0.2, 0) is 13.6 Å². The minimum Gasteiger partial charge on any atom is -0.356 e. The van der Waals surface area contributed by atoms with E-state index in [1.807, 2.05) is 18.8 Å². The molecule has 1 aliphatic heterocycles. The van der Waals surface area contributed by atoms with Gasteiger partial charge >= 0.3 is 0 Å². The highest BCUT2D eigenvalue weighted by atomic mass is 127. The average molecular weight is 476 g/mol. The van der Waals surface area contributed by atoms with Crippen LogP contribution in [0.5, 0.6) is 0 Å². The van der Waals surface area contributed by atoms with Crippen molar-refractivity contribution in [3.8, 4) is 0 Å². The van der Waals surface area contributed by atoms with Crippen molar-refractivity contribution in [2.45, 2.75) is 46.1 Å². The number of likely N-dealkylation sites (tertiary alicyclic amines) is 1. The lowest BCUT2D eigenvalue weighted by atomic mass is 9.98. The monoisotopic (exact) mass is 476 g/mol. The van der Waals surface area contributed by atoms with Crippen LogP contribution in [0.25, 0.3) is 0 Å². The van der Waals surface area contributed by atoms with Crippen LogP contribution in [0.3, 0.4) is 0 Å². The molecule has 2 heterocycles. The van der Waals surface area contributed by atoms with E-state index in [-0.39, 0.29) is 24.0 Å². The first-order valence-corrected chi connectivity index (χ1v) is 9.61. The molecule has 7 heteroatoms. The van der Waals surface area contributed by atoms with Crippen molar-refractivity contribution in [3.05, 3.63) is 17.5 Å². The van der Waals surface area contributed by atoms with Crippen LogP contribution in [0.2, 0.25) is 0 Å². The van der Waals surface area contributed by atoms with E-state index in [0.29, 0.717) is 11.8 Å². The summed E-state index contributed by atoms with van der Waals surface area (Å²) in [5.74, 6) is 2.11. The molecule has 2 rings (SSSR count). The molecular formula is C19H37IN6. The van der Waals surface area contributed by atoms with Crippen LogP contribution in [0, 0.1) is 5.92 Å². The van der Waals surface area contributed by atoms with E-state index >= 15 is 0 Å². The standard InChI is InChI=1S/C19H36N6.HI/c1-7-25-10-8-9-16(12-25)11-21-19(20-4)23(5)13-17-14-24(6)22-18(17)15(2)3;/h14-16H,7-13H2,1-6H3,(H,20,21);1H. The molecule has 1 aromatic rings. The molecule has 6 nitrogen and oxygen atoms in total. The number of piperidine rings is 1. The van der Waals surface area contributed by atoms with Crippen molar-refractivity contribution in [2.24, 2.45) is 18.0 Å². The summed E-state index contributed by atoms with van der Waals surface area (Å²) in [5, 5.41) is 8.19. The van der Waals surface area contributed by atoms with Gasteiger partial charge in [-0.05, 0) is 37.8 Å². The van der Waals surface area contributed by atoms with Crippen molar-refractivity contribution in [1.29, 1.82) is 0 Å². The van der Waals surface area contributed by atoms with E-state index in [4.69, 9.17) is 0 Å². The minimum atomic E-state index is 0. The molecule has 0 saturated carbocycles. The number of halogens is 1. The molecule has 150 valence electrons. The normalized spacial score (nSPS) is 18.7. The van der Waals surface area contributed by atoms with Gasteiger partial charge < -0.3 is 15.1 Å². The molecule has 1 aliphatic rings. The van der Waals surface area contributed by atoms with E-state index in [9.17, 15) is 0 Å². The second-order valence-corrected chi connectivity index (χ2v) is 7.55. The maximum absolute atomic E-state index is 4.61. The van der Waals surface area contributed by atoms with Gasteiger partial charge in [-0.2, -0.15) is 5.10 Å². The number of nitrogens with zero attached hydrogens (tertiary/aromatic N) is 5. The first-order chi connectivity index (χ1) is 11.9. The van der Waals surface area contributed by atoms with Gasteiger partial charge in [0.1, 0.15) is 0 Å². The second kappa shape index (κ2) is 11.1. The lowest BCUT2D eigenvalue weighted by Gasteiger charge is -2.33. The number of hydrogen-bond acceptors (Lipinski definition) is 3. The molecule has 1 N–H and O–H groups in total. The molecule has 0 radical (unpaired) electrons. The maximum atomic E-state index is 4.61. The van der Waals surface area contributed by atoms with Gasteiger partial charge in [-0.25, -0.2) is 0 Å². The summed E-state index contributed by atoms with van der Waals surface area (Å²) in [4.78, 5) is 9.23. The summed E-state index contributed by atoms with van der Waals surface area (Å²) in [6.07, 6.45) is 4.74. The first kappa shape index (κ1) is 23.2. The van der Waals surface area contributed by atoms with E-state index in [1.54, 1.807) is 0 Å². The number of nitrogens with one attached hydrogen (secondary N) is 1. The summed E-state index contributed by atoms with van der Waals surface area (Å²) in [6.45, 7) is 12.1. The molecule has 1 fully saturated rings. The van der Waals surface area contributed by atoms with Crippen LogP contribution in [0.4, 0.5) is 0 Å². The second-order valence-electron chi connectivity index (χ2n) is 7.55. The zero-order valence-electron chi connectivity index (χ0n) is 17.3. The van der Waals surface area contributed by atoms with Crippen LogP contribution in [-0.4, -0.2) is 65.8 Å². The Labute approximate surface area is 176 Å². The highest BCUT2D eigenvalue weighted by Crippen LogP contribution is 2.19. The van der Waals surface area contributed by atoms with Gasteiger partial charge in [0.15, 0.2) is 5.96 Å². The Morgan fingerprint density at radius 3 is 2.81 bits per heavy atom. The molecule has 0 spiro atoms. The third-order valence-electron chi connectivity index (χ3n) is 5.06. The zero-order valence-corrected chi connectivity index (χ0v) is 19.7. The zero-order chi connectivity index (χ0) is 18.4. The third kappa shape index (κ3) is 6.40. The Kier molecular flexibility index (Phi) is 9.92. The minimum absolute atomic E-state index is 0. The summed E-state index contributed by atoms with van der Waals surface area (Å²) in [5.41, 5.74) is 2.45. The van der Waals surface area contributed by atoms with Crippen LogP contribution in [0.15, 0.2) is 11.2 Å². The first-order valence-electron chi connectivity index (χ1n) is 9.61. The van der Waals surface area contributed by atoms with Gasteiger partial charge in [-0.3, -0.25) is 9.67 Å². The SMILES string of the molecule is CCN1CCCC(CNC(=NC)N(C)Cc2cn(C)nc2C(C)C)C1.I. The van der Waals surface area contributed by atoms with E-state index < -0.39 is 0 Å². The fourth-order valence-electron chi connectivity index (χ4n) is 3.72. The van der Waals surface area contributed by atoms with Gasteiger partial charge in [-0.1, -0.05) is 20.8 Å². The number of hydrogen-bond donors (Lipinski definition) is 1. The molecule has 26 heavy (non-hydrogen) atoms. The fourth-order valence-corrected chi connectivity index (χ4v) is 3.72. The van der Waals surface area contributed by atoms with Crippen molar-refractivity contribution < 1.29 is 0 Å². The molecule has 0 aliphatic carbocycles. The Morgan fingerprint density at radius 2 is 2.19 bits per heavy atom. The number of rotatable bonds is 6. The van der Waals surface area contributed by atoms with Gasteiger partial charge in [0.25, 0.3) is 0 Å². The lowest BCUT2D eigenvalue weighted by molar-refractivity contribution is 0.183. The fraction of sp³-hybridized carbons (Fsp3) is 0.789. The largest absolute Gasteiger partial charge is 0.356 e. The number of guanidine groups is 1. The molecule has 0 bridgehead atoms. The van der Waals surface area contributed by atoms with Crippen molar-refractivity contribution >= 4 is 29.9 Å². The van der Waals surface area contributed by atoms with E-state index in [0.717, 1.165) is 25.6 Å². The molecule has 1 atom stereocenters. The predicted octanol–water partition coefficient (Wildman–Crippen LogP) is 2.90. The van der Waals surface area contributed by atoms with Gasteiger partial charge in [-0.15, -0.1) is 24.0 Å². The quantitative estimate of drug-likeness (QED) is 0.390. The predicted molar refractivity (Wildman–Crippen MR) is 120 cm³/mol. The van der Waals surface area contributed by atoms with Crippen LogP contribution < -0.4 is 5.32 Å².